The Kier molecular flexibility index (Phi) is 4.90. The normalized spacial score (nSPS) is 18.4. The molecule has 0 aliphatic carbocycles. The molecule has 2 atom stereocenters. The zero-order valence-electron chi connectivity index (χ0n) is 17.9. The van der Waals surface area contributed by atoms with Gasteiger partial charge in [0.15, 0.2) is 5.65 Å². The van der Waals surface area contributed by atoms with Crippen LogP contribution in [0.25, 0.3) is 28.0 Å². The highest BCUT2D eigenvalue weighted by molar-refractivity contribution is 5.90. The van der Waals surface area contributed by atoms with Crippen molar-refractivity contribution >= 4 is 11.6 Å². The molecule has 5 rings (SSSR count). The van der Waals surface area contributed by atoms with Gasteiger partial charge in [0.1, 0.15) is 0 Å². The molecule has 9 nitrogen and oxygen atoms in total. The number of benzene rings is 1. The fourth-order valence-corrected chi connectivity index (χ4v) is 4.19. The molecule has 0 saturated carbocycles. The summed E-state index contributed by atoms with van der Waals surface area (Å²) in [6.45, 7) is 3.13. The van der Waals surface area contributed by atoms with Crippen LogP contribution in [0, 0.1) is 5.92 Å². The summed E-state index contributed by atoms with van der Waals surface area (Å²) in [5.41, 5.74) is 8.93. The Bertz CT molecular complexity index is 1420. The SMILES string of the molecule is C[C@H]1CCOC1Cn1nc2c(-c3ccc(=O)n(C)c3)c(-c3ccccc3)nc(N)n2c1=O. The summed E-state index contributed by atoms with van der Waals surface area (Å²) in [6, 6.07) is 12.8. The molecule has 3 aromatic heterocycles. The Hall–Kier alpha value is -3.72. The lowest BCUT2D eigenvalue weighted by molar-refractivity contribution is 0.0759. The number of pyridine rings is 1. The first-order valence-electron chi connectivity index (χ1n) is 10.6. The van der Waals surface area contributed by atoms with Gasteiger partial charge in [0.25, 0.3) is 0 Å². The average molecular weight is 432 g/mol. The van der Waals surface area contributed by atoms with Crippen LogP contribution in [0.15, 0.2) is 58.3 Å². The van der Waals surface area contributed by atoms with Crippen molar-refractivity contribution < 1.29 is 4.74 Å². The van der Waals surface area contributed by atoms with E-state index in [1.807, 2.05) is 30.3 Å². The molecule has 1 fully saturated rings. The summed E-state index contributed by atoms with van der Waals surface area (Å²) >= 11 is 0. The highest BCUT2D eigenvalue weighted by Crippen LogP contribution is 2.34. The summed E-state index contributed by atoms with van der Waals surface area (Å²) in [7, 11) is 1.68. The standard InChI is InChI=1S/C23H24N6O3/c1-14-10-11-32-17(14)13-28-23(31)29-21(26-28)19(16-8-9-18(30)27(2)12-16)20(25-22(29)24)15-6-4-3-5-7-15/h3-9,12,14,17H,10-11,13H2,1-2H3,(H2,24,25)/t14-,17?/m0/s1. The van der Waals surface area contributed by atoms with Crippen LogP contribution in [0.5, 0.6) is 0 Å². The number of aryl methyl sites for hydroxylation is 1. The van der Waals surface area contributed by atoms with Crippen molar-refractivity contribution in [3.8, 4) is 22.4 Å². The molecule has 164 valence electrons. The summed E-state index contributed by atoms with van der Waals surface area (Å²) in [5, 5.41) is 4.67. The molecule has 2 N–H and O–H groups in total. The molecular weight excluding hydrogens is 408 g/mol. The van der Waals surface area contributed by atoms with Gasteiger partial charge in [-0.05, 0) is 18.4 Å². The molecule has 1 aliphatic rings. The number of rotatable bonds is 4. The van der Waals surface area contributed by atoms with Crippen LogP contribution in [0.1, 0.15) is 13.3 Å². The van der Waals surface area contributed by atoms with E-state index in [1.165, 1.54) is 19.7 Å². The molecule has 4 heterocycles. The van der Waals surface area contributed by atoms with Crippen molar-refractivity contribution in [2.24, 2.45) is 13.0 Å². The maximum absolute atomic E-state index is 13.2. The second-order valence-corrected chi connectivity index (χ2v) is 8.23. The fraction of sp³-hybridized carbons (Fsp3) is 0.304. The molecule has 4 aromatic rings. The number of nitrogens with zero attached hydrogens (tertiary/aromatic N) is 5. The Morgan fingerprint density at radius 3 is 2.59 bits per heavy atom. The van der Waals surface area contributed by atoms with Crippen molar-refractivity contribution in [1.29, 1.82) is 0 Å². The first kappa shape index (κ1) is 20.2. The van der Waals surface area contributed by atoms with Crippen LogP contribution >= 0.6 is 0 Å². The van der Waals surface area contributed by atoms with E-state index in [1.54, 1.807) is 19.3 Å². The van der Waals surface area contributed by atoms with Gasteiger partial charge < -0.3 is 15.0 Å². The zero-order chi connectivity index (χ0) is 22.4. The van der Waals surface area contributed by atoms with Crippen LogP contribution in [0.3, 0.4) is 0 Å². The predicted molar refractivity (Wildman–Crippen MR) is 121 cm³/mol. The van der Waals surface area contributed by atoms with Crippen molar-refractivity contribution in [3.05, 3.63) is 69.5 Å². The number of hydrogen-bond acceptors (Lipinski definition) is 6. The summed E-state index contributed by atoms with van der Waals surface area (Å²) < 4.78 is 10.0. The van der Waals surface area contributed by atoms with Gasteiger partial charge in [-0.1, -0.05) is 37.3 Å². The monoisotopic (exact) mass is 432 g/mol. The Labute approximate surface area is 183 Å². The quantitative estimate of drug-likeness (QED) is 0.528. The van der Waals surface area contributed by atoms with E-state index in [-0.39, 0.29) is 23.3 Å². The predicted octanol–water partition coefficient (Wildman–Crippen LogP) is 1.93. The van der Waals surface area contributed by atoms with Gasteiger partial charge in [-0.3, -0.25) is 4.79 Å². The third-order valence-corrected chi connectivity index (χ3v) is 6.07. The second-order valence-electron chi connectivity index (χ2n) is 8.23. The lowest BCUT2D eigenvalue weighted by Gasteiger charge is -2.13. The van der Waals surface area contributed by atoms with Gasteiger partial charge in [-0.15, -0.1) is 5.10 Å². The minimum absolute atomic E-state index is 0.0593. The highest BCUT2D eigenvalue weighted by Gasteiger charge is 2.27. The largest absolute Gasteiger partial charge is 0.376 e. The molecule has 0 bridgehead atoms. The summed E-state index contributed by atoms with van der Waals surface area (Å²) in [4.78, 5) is 29.8. The van der Waals surface area contributed by atoms with E-state index >= 15 is 0 Å². The molecule has 32 heavy (non-hydrogen) atoms. The first-order valence-corrected chi connectivity index (χ1v) is 10.6. The van der Waals surface area contributed by atoms with Crippen LogP contribution < -0.4 is 17.0 Å². The Morgan fingerprint density at radius 2 is 1.91 bits per heavy atom. The molecule has 1 saturated heterocycles. The number of nitrogens with two attached hydrogens (primary N) is 1. The smallest absolute Gasteiger partial charge is 0.353 e. The van der Waals surface area contributed by atoms with E-state index in [0.717, 1.165) is 12.0 Å². The van der Waals surface area contributed by atoms with Crippen molar-refractivity contribution in [2.45, 2.75) is 26.0 Å². The van der Waals surface area contributed by atoms with Crippen LogP contribution in [0.4, 0.5) is 5.95 Å². The number of nitrogen functional groups attached to an aromatic ring is 1. The number of fused-ring (bicyclic) bond motifs is 1. The van der Waals surface area contributed by atoms with E-state index < -0.39 is 0 Å². The molecule has 1 unspecified atom stereocenters. The van der Waals surface area contributed by atoms with Crippen LogP contribution in [-0.4, -0.2) is 36.4 Å². The van der Waals surface area contributed by atoms with Crippen molar-refractivity contribution in [2.75, 3.05) is 12.3 Å². The van der Waals surface area contributed by atoms with Gasteiger partial charge in [-0.25, -0.2) is 18.9 Å². The average Bonchev–Trinajstić information content (AvgIpc) is 3.34. The molecule has 0 amide bonds. The maximum Gasteiger partial charge on any atom is 0.353 e. The van der Waals surface area contributed by atoms with Gasteiger partial charge in [0, 0.05) is 37.0 Å². The van der Waals surface area contributed by atoms with Crippen LogP contribution in [0.2, 0.25) is 0 Å². The molecular formula is C23H24N6O3. The third-order valence-electron chi connectivity index (χ3n) is 6.07. The van der Waals surface area contributed by atoms with E-state index in [9.17, 15) is 9.59 Å². The van der Waals surface area contributed by atoms with Gasteiger partial charge in [0.2, 0.25) is 11.5 Å². The fourth-order valence-electron chi connectivity index (χ4n) is 4.19. The number of ether oxygens (including phenoxy) is 1. The minimum Gasteiger partial charge on any atom is -0.376 e. The topological polar surface area (TPSA) is 109 Å². The molecule has 1 aliphatic heterocycles. The zero-order valence-corrected chi connectivity index (χ0v) is 17.9. The van der Waals surface area contributed by atoms with Crippen LogP contribution in [-0.2, 0) is 18.3 Å². The molecule has 0 spiro atoms. The maximum atomic E-state index is 13.2. The van der Waals surface area contributed by atoms with Gasteiger partial charge in [0.05, 0.1) is 23.9 Å². The molecule has 1 aromatic carbocycles. The second kappa shape index (κ2) is 7.76. The molecule has 0 radical (unpaired) electrons. The lowest BCUT2D eigenvalue weighted by Crippen LogP contribution is -2.30. The van der Waals surface area contributed by atoms with E-state index in [4.69, 9.17) is 10.5 Å². The summed E-state index contributed by atoms with van der Waals surface area (Å²) in [6.07, 6.45) is 2.59. The highest BCUT2D eigenvalue weighted by atomic mass is 16.5. The van der Waals surface area contributed by atoms with E-state index in [0.29, 0.717) is 41.5 Å². The third kappa shape index (κ3) is 3.31. The van der Waals surface area contributed by atoms with E-state index in [2.05, 4.69) is 17.0 Å². The lowest BCUT2D eigenvalue weighted by atomic mass is 10.0. The number of anilines is 1. The van der Waals surface area contributed by atoms with Gasteiger partial charge >= 0.3 is 5.69 Å². The number of hydrogen-bond donors (Lipinski definition) is 1. The molecule has 9 heteroatoms. The Morgan fingerprint density at radius 1 is 1.12 bits per heavy atom. The van der Waals surface area contributed by atoms with Crippen molar-refractivity contribution in [3.63, 3.8) is 0 Å². The number of aromatic nitrogens is 5. The van der Waals surface area contributed by atoms with Gasteiger partial charge in [-0.2, -0.15) is 0 Å². The van der Waals surface area contributed by atoms with Crippen molar-refractivity contribution in [1.82, 2.24) is 23.7 Å². The minimum atomic E-state index is -0.363. The Balaban J connectivity index is 1.79. The summed E-state index contributed by atoms with van der Waals surface area (Å²) in [5.74, 6) is 0.397. The first-order chi connectivity index (χ1) is 15.4.